The van der Waals surface area contributed by atoms with Crippen LogP contribution in [-0.4, -0.2) is 10.8 Å². The maximum atomic E-state index is 13.5. The van der Waals surface area contributed by atoms with Crippen molar-refractivity contribution in [2.75, 3.05) is 0 Å². The van der Waals surface area contributed by atoms with Crippen molar-refractivity contribution in [1.82, 2.24) is 4.98 Å². The number of benzene rings is 3. The molecule has 0 N–H and O–H groups in total. The Morgan fingerprint density at radius 2 is 1.69 bits per heavy atom. The summed E-state index contributed by atoms with van der Waals surface area (Å²) in [5.41, 5.74) is 4.45. The molecule has 0 aliphatic rings. The Bertz CT molecular complexity index is 1240. The SMILES string of the molecule is CC=COc1ccc(C(=O)C(=Cc2ccc(C(C)C)cc2)c2nc3ccccc3o2)cc1. The lowest BCUT2D eigenvalue weighted by Gasteiger charge is -2.07. The number of ether oxygens (including phenoxy) is 1. The number of rotatable bonds is 7. The van der Waals surface area contributed by atoms with Gasteiger partial charge in [0.15, 0.2) is 11.4 Å². The Hall–Kier alpha value is -3.92. The summed E-state index contributed by atoms with van der Waals surface area (Å²) in [4.78, 5) is 18.1. The second-order valence-electron chi connectivity index (χ2n) is 7.81. The zero-order valence-corrected chi connectivity index (χ0v) is 18.4. The van der Waals surface area contributed by atoms with Crippen LogP contribution in [0, 0.1) is 0 Å². The molecule has 32 heavy (non-hydrogen) atoms. The predicted molar refractivity (Wildman–Crippen MR) is 129 cm³/mol. The Morgan fingerprint density at radius 1 is 0.969 bits per heavy atom. The number of aromatic nitrogens is 1. The van der Waals surface area contributed by atoms with Gasteiger partial charge in [0.05, 0.1) is 11.8 Å². The lowest BCUT2D eigenvalue weighted by Crippen LogP contribution is -2.03. The number of Topliss-reactive ketones (excluding diaryl/α,β-unsaturated/α-hetero) is 1. The summed E-state index contributed by atoms with van der Waals surface area (Å²) >= 11 is 0. The molecule has 160 valence electrons. The van der Waals surface area contributed by atoms with E-state index in [4.69, 9.17) is 9.15 Å². The van der Waals surface area contributed by atoms with Crippen molar-refractivity contribution in [3.8, 4) is 5.75 Å². The van der Waals surface area contributed by atoms with Crippen LogP contribution in [0.25, 0.3) is 22.7 Å². The van der Waals surface area contributed by atoms with Crippen LogP contribution in [0.5, 0.6) is 5.75 Å². The molecule has 0 saturated carbocycles. The van der Waals surface area contributed by atoms with Crippen LogP contribution < -0.4 is 4.74 Å². The summed E-state index contributed by atoms with van der Waals surface area (Å²) < 4.78 is 11.4. The highest BCUT2D eigenvalue weighted by atomic mass is 16.5. The van der Waals surface area contributed by atoms with Gasteiger partial charge in [-0.25, -0.2) is 4.98 Å². The van der Waals surface area contributed by atoms with E-state index in [-0.39, 0.29) is 5.78 Å². The average Bonchev–Trinajstić information content (AvgIpc) is 3.25. The molecule has 4 aromatic rings. The number of carbonyl (C=O) groups excluding carboxylic acids is 1. The zero-order valence-electron chi connectivity index (χ0n) is 18.4. The molecule has 0 saturated heterocycles. The van der Waals surface area contributed by atoms with Crippen LogP contribution in [-0.2, 0) is 0 Å². The van der Waals surface area contributed by atoms with Gasteiger partial charge in [-0.1, -0.05) is 56.3 Å². The van der Waals surface area contributed by atoms with Crippen LogP contribution in [0.3, 0.4) is 0 Å². The van der Waals surface area contributed by atoms with Gasteiger partial charge in [-0.15, -0.1) is 0 Å². The van der Waals surface area contributed by atoms with Crippen LogP contribution in [0.15, 0.2) is 89.6 Å². The normalized spacial score (nSPS) is 12.1. The molecule has 0 amide bonds. The largest absolute Gasteiger partial charge is 0.465 e. The van der Waals surface area contributed by atoms with Crippen LogP contribution in [0.4, 0.5) is 0 Å². The van der Waals surface area contributed by atoms with Crippen LogP contribution in [0.2, 0.25) is 0 Å². The van der Waals surface area contributed by atoms with E-state index in [1.54, 1.807) is 36.6 Å². The standard InChI is InChI=1S/C28H25NO3/c1-4-17-31-23-15-13-22(14-16-23)27(30)24(18-20-9-11-21(12-10-20)19(2)3)28-29-25-7-5-6-8-26(25)32-28/h4-19H,1-3H3. The molecule has 0 aliphatic heterocycles. The molecule has 4 rings (SSSR count). The number of hydrogen-bond donors (Lipinski definition) is 0. The van der Waals surface area contributed by atoms with Gasteiger partial charge in [-0.05, 0) is 66.4 Å². The van der Waals surface area contributed by atoms with E-state index in [0.717, 1.165) is 5.56 Å². The Balaban J connectivity index is 1.75. The summed E-state index contributed by atoms with van der Waals surface area (Å²) in [7, 11) is 0. The second-order valence-corrected chi connectivity index (χ2v) is 7.81. The minimum atomic E-state index is -0.165. The first-order valence-electron chi connectivity index (χ1n) is 10.7. The fourth-order valence-electron chi connectivity index (χ4n) is 3.34. The van der Waals surface area contributed by atoms with Gasteiger partial charge in [-0.2, -0.15) is 0 Å². The Morgan fingerprint density at radius 3 is 2.34 bits per heavy atom. The van der Waals surface area contributed by atoms with Gasteiger partial charge in [0.1, 0.15) is 11.3 Å². The molecular formula is C28H25NO3. The Kier molecular flexibility index (Phi) is 6.31. The minimum absolute atomic E-state index is 0.165. The maximum Gasteiger partial charge on any atom is 0.231 e. The lowest BCUT2D eigenvalue weighted by atomic mass is 9.98. The first kappa shape index (κ1) is 21.3. The fraction of sp³-hybridized carbons (Fsp3) is 0.143. The van der Waals surface area contributed by atoms with Gasteiger partial charge in [0.2, 0.25) is 5.89 Å². The van der Waals surface area contributed by atoms with Crippen molar-refractivity contribution >= 4 is 28.5 Å². The predicted octanol–water partition coefficient (Wildman–Crippen LogP) is 7.29. The molecule has 4 heteroatoms. The number of para-hydroxylation sites is 2. The highest BCUT2D eigenvalue weighted by molar-refractivity contribution is 6.31. The van der Waals surface area contributed by atoms with Gasteiger partial charge < -0.3 is 9.15 Å². The number of hydrogen-bond acceptors (Lipinski definition) is 4. The Labute approximate surface area is 187 Å². The molecule has 0 radical (unpaired) electrons. The number of carbonyl (C=O) groups is 1. The fourth-order valence-corrected chi connectivity index (χ4v) is 3.34. The third kappa shape index (κ3) is 4.70. The quantitative estimate of drug-likeness (QED) is 0.178. The molecule has 1 aromatic heterocycles. The van der Waals surface area contributed by atoms with Crippen molar-refractivity contribution in [3.63, 3.8) is 0 Å². The summed E-state index contributed by atoms with van der Waals surface area (Å²) in [6.45, 7) is 6.19. The highest BCUT2D eigenvalue weighted by Gasteiger charge is 2.20. The van der Waals surface area contributed by atoms with E-state index < -0.39 is 0 Å². The number of fused-ring (bicyclic) bond motifs is 1. The van der Waals surface area contributed by atoms with E-state index >= 15 is 0 Å². The molecule has 0 aliphatic carbocycles. The lowest BCUT2D eigenvalue weighted by molar-refractivity contribution is 0.105. The van der Waals surface area contributed by atoms with Gasteiger partial charge >= 0.3 is 0 Å². The molecular weight excluding hydrogens is 398 g/mol. The van der Waals surface area contributed by atoms with E-state index in [0.29, 0.717) is 39.8 Å². The summed E-state index contributed by atoms with van der Waals surface area (Å²) in [6, 6.07) is 22.7. The topological polar surface area (TPSA) is 52.3 Å². The molecule has 0 fully saturated rings. The van der Waals surface area contributed by atoms with Gasteiger partial charge in [0, 0.05) is 5.56 Å². The number of ketones is 1. The average molecular weight is 424 g/mol. The highest BCUT2D eigenvalue weighted by Crippen LogP contribution is 2.27. The minimum Gasteiger partial charge on any atom is -0.465 e. The smallest absolute Gasteiger partial charge is 0.231 e. The molecule has 3 aromatic carbocycles. The summed E-state index contributed by atoms with van der Waals surface area (Å²) in [5.74, 6) is 1.24. The molecule has 1 heterocycles. The number of allylic oxidation sites excluding steroid dienone is 2. The van der Waals surface area contributed by atoms with Crippen molar-refractivity contribution in [2.45, 2.75) is 26.7 Å². The van der Waals surface area contributed by atoms with Crippen LogP contribution >= 0.6 is 0 Å². The van der Waals surface area contributed by atoms with Gasteiger partial charge in [-0.3, -0.25) is 4.79 Å². The van der Waals surface area contributed by atoms with E-state index in [2.05, 4.69) is 31.0 Å². The van der Waals surface area contributed by atoms with Crippen molar-refractivity contribution in [3.05, 3.63) is 108 Å². The summed E-state index contributed by atoms with van der Waals surface area (Å²) in [5, 5.41) is 0. The zero-order chi connectivity index (χ0) is 22.5. The van der Waals surface area contributed by atoms with Gasteiger partial charge in [0.25, 0.3) is 0 Å². The summed E-state index contributed by atoms with van der Waals surface area (Å²) in [6.07, 6.45) is 5.24. The number of nitrogens with zero attached hydrogens (tertiary/aromatic N) is 1. The molecule has 0 bridgehead atoms. The van der Waals surface area contributed by atoms with E-state index in [9.17, 15) is 4.79 Å². The molecule has 0 atom stereocenters. The van der Waals surface area contributed by atoms with Crippen molar-refractivity contribution in [1.29, 1.82) is 0 Å². The van der Waals surface area contributed by atoms with E-state index in [1.807, 2.05) is 49.4 Å². The molecule has 4 nitrogen and oxygen atoms in total. The third-order valence-electron chi connectivity index (χ3n) is 5.14. The van der Waals surface area contributed by atoms with E-state index in [1.165, 1.54) is 5.56 Å². The van der Waals surface area contributed by atoms with Crippen molar-refractivity contribution in [2.24, 2.45) is 0 Å². The molecule has 0 spiro atoms. The second kappa shape index (κ2) is 9.48. The monoisotopic (exact) mass is 423 g/mol. The first-order valence-corrected chi connectivity index (χ1v) is 10.7. The first-order chi connectivity index (χ1) is 15.5. The molecule has 0 unspecified atom stereocenters. The van der Waals surface area contributed by atoms with Crippen molar-refractivity contribution < 1.29 is 13.9 Å². The van der Waals surface area contributed by atoms with Crippen LogP contribution in [0.1, 0.15) is 54.1 Å². The third-order valence-corrected chi connectivity index (χ3v) is 5.14. The maximum absolute atomic E-state index is 13.5. The number of oxazole rings is 1.